The highest BCUT2D eigenvalue weighted by Gasteiger charge is 2.19. The number of rotatable bonds is 48. The topological polar surface area (TPSA) is 78.9 Å². The van der Waals surface area contributed by atoms with E-state index in [0.29, 0.717) is 19.3 Å². The SMILES string of the molecule is CC/C=C\C/C=C\C/C=C\CCCCCCCCC(=O)OCC(COC(=O)CCCCCCCCCCCCCCC)OC(=O)CCCCCCCCCCCCCCCC. The smallest absolute Gasteiger partial charge is 0.306 e. The van der Waals surface area contributed by atoms with Crippen molar-refractivity contribution in [3.8, 4) is 0 Å². The lowest BCUT2D eigenvalue weighted by Gasteiger charge is -2.18. The maximum atomic E-state index is 12.8. The number of carbonyl (C=O) groups excluding carboxylic acids is 3. The molecule has 0 saturated heterocycles. The minimum atomic E-state index is -0.772. The second-order valence-electron chi connectivity index (χ2n) is 17.8. The van der Waals surface area contributed by atoms with E-state index in [-0.39, 0.29) is 31.1 Å². The van der Waals surface area contributed by atoms with E-state index in [1.54, 1.807) is 0 Å². The third kappa shape index (κ3) is 48.5. The van der Waals surface area contributed by atoms with E-state index in [0.717, 1.165) is 83.5 Å². The molecule has 0 aromatic rings. The molecule has 0 spiro atoms. The molecule has 61 heavy (non-hydrogen) atoms. The van der Waals surface area contributed by atoms with Crippen LogP contribution in [0.2, 0.25) is 0 Å². The molecule has 0 radical (unpaired) electrons. The van der Waals surface area contributed by atoms with E-state index >= 15 is 0 Å². The van der Waals surface area contributed by atoms with Crippen molar-refractivity contribution < 1.29 is 28.6 Å². The fourth-order valence-electron chi connectivity index (χ4n) is 7.69. The minimum absolute atomic E-state index is 0.0719. The molecule has 0 aliphatic rings. The van der Waals surface area contributed by atoms with E-state index in [4.69, 9.17) is 14.2 Å². The molecule has 356 valence electrons. The first-order valence-electron chi connectivity index (χ1n) is 26.5. The summed E-state index contributed by atoms with van der Waals surface area (Å²) in [6.07, 6.45) is 58.4. The van der Waals surface area contributed by atoms with E-state index in [1.807, 2.05) is 0 Å². The molecule has 0 aliphatic heterocycles. The predicted octanol–water partition coefficient (Wildman–Crippen LogP) is 17.3. The Balaban J connectivity index is 4.36. The van der Waals surface area contributed by atoms with Crippen LogP contribution in [0.25, 0.3) is 0 Å². The molecule has 0 bridgehead atoms. The number of carbonyl (C=O) groups is 3. The second-order valence-corrected chi connectivity index (χ2v) is 17.8. The van der Waals surface area contributed by atoms with Crippen molar-refractivity contribution in [1.82, 2.24) is 0 Å². The van der Waals surface area contributed by atoms with Gasteiger partial charge in [0.25, 0.3) is 0 Å². The number of hydrogen-bond donors (Lipinski definition) is 0. The molecule has 0 rings (SSSR count). The lowest BCUT2D eigenvalue weighted by molar-refractivity contribution is -0.167. The Hall–Kier alpha value is -2.37. The predicted molar refractivity (Wildman–Crippen MR) is 261 cm³/mol. The third-order valence-electron chi connectivity index (χ3n) is 11.7. The highest BCUT2D eigenvalue weighted by atomic mass is 16.6. The van der Waals surface area contributed by atoms with Gasteiger partial charge in [-0.25, -0.2) is 0 Å². The normalized spacial score (nSPS) is 12.2. The van der Waals surface area contributed by atoms with Crippen LogP contribution in [0.1, 0.15) is 278 Å². The zero-order chi connectivity index (χ0) is 44.4. The summed E-state index contributed by atoms with van der Waals surface area (Å²) in [6, 6.07) is 0. The molecular formula is C55H100O6. The Morgan fingerprint density at radius 2 is 0.639 bits per heavy atom. The summed E-state index contributed by atoms with van der Waals surface area (Å²) < 4.78 is 16.8. The van der Waals surface area contributed by atoms with Gasteiger partial charge >= 0.3 is 17.9 Å². The molecule has 1 unspecified atom stereocenters. The average molecular weight is 857 g/mol. The van der Waals surface area contributed by atoms with Crippen LogP contribution in [0.5, 0.6) is 0 Å². The van der Waals surface area contributed by atoms with Crippen LogP contribution in [0.15, 0.2) is 36.5 Å². The van der Waals surface area contributed by atoms with Crippen LogP contribution >= 0.6 is 0 Å². The Bertz CT molecular complexity index is 1030. The highest BCUT2D eigenvalue weighted by molar-refractivity contribution is 5.71. The number of esters is 3. The molecule has 0 N–H and O–H groups in total. The average Bonchev–Trinajstić information content (AvgIpc) is 3.26. The number of hydrogen-bond acceptors (Lipinski definition) is 6. The lowest BCUT2D eigenvalue weighted by Crippen LogP contribution is -2.30. The van der Waals surface area contributed by atoms with Gasteiger partial charge < -0.3 is 14.2 Å². The van der Waals surface area contributed by atoms with Crippen molar-refractivity contribution in [1.29, 1.82) is 0 Å². The first-order chi connectivity index (χ1) is 30.0. The van der Waals surface area contributed by atoms with Crippen LogP contribution in [0, 0.1) is 0 Å². The van der Waals surface area contributed by atoms with Gasteiger partial charge in [-0.05, 0) is 51.4 Å². The van der Waals surface area contributed by atoms with E-state index in [1.165, 1.54) is 154 Å². The monoisotopic (exact) mass is 857 g/mol. The molecule has 6 heteroatoms. The Kier molecular flexibility index (Phi) is 48.3. The molecular weight excluding hydrogens is 757 g/mol. The number of unbranched alkanes of at least 4 members (excludes halogenated alkanes) is 31. The summed E-state index contributed by atoms with van der Waals surface area (Å²) in [4.78, 5) is 38.0. The van der Waals surface area contributed by atoms with Gasteiger partial charge in [-0.1, -0.05) is 243 Å². The maximum Gasteiger partial charge on any atom is 0.306 e. The largest absolute Gasteiger partial charge is 0.462 e. The molecule has 0 aliphatic carbocycles. The van der Waals surface area contributed by atoms with Gasteiger partial charge in [0.15, 0.2) is 6.10 Å². The fourth-order valence-corrected chi connectivity index (χ4v) is 7.69. The van der Waals surface area contributed by atoms with Crippen molar-refractivity contribution in [3.05, 3.63) is 36.5 Å². The molecule has 0 aromatic carbocycles. The zero-order valence-electron chi connectivity index (χ0n) is 40.7. The Morgan fingerprint density at radius 1 is 0.344 bits per heavy atom. The molecule has 0 amide bonds. The quantitative estimate of drug-likeness (QED) is 0.0262. The molecule has 0 aromatic heterocycles. The van der Waals surface area contributed by atoms with Gasteiger partial charge in [0.2, 0.25) is 0 Å². The summed E-state index contributed by atoms with van der Waals surface area (Å²) >= 11 is 0. The zero-order valence-corrected chi connectivity index (χ0v) is 40.7. The molecule has 1 atom stereocenters. The van der Waals surface area contributed by atoms with Gasteiger partial charge in [0.1, 0.15) is 13.2 Å². The summed E-state index contributed by atoms with van der Waals surface area (Å²) in [5, 5.41) is 0. The highest BCUT2D eigenvalue weighted by Crippen LogP contribution is 2.16. The Morgan fingerprint density at radius 3 is 1.00 bits per heavy atom. The molecule has 0 saturated carbocycles. The van der Waals surface area contributed by atoms with Crippen LogP contribution in [-0.2, 0) is 28.6 Å². The van der Waals surface area contributed by atoms with Crippen LogP contribution in [0.3, 0.4) is 0 Å². The maximum absolute atomic E-state index is 12.8. The van der Waals surface area contributed by atoms with Crippen molar-refractivity contribution in [3.63, 3.8) is 0 Å². The third-order valence-corrected chi connectivity index (χ3v) is 11.7. The first-order valence-corrected chi connectivity index (χ1v) is 26.5. The van der Waals surface area contributed by atoms with E-state index in [2.05, 4.69) is 57.2 Å². The second kappa shape index (κ2) is 50.3. The van der Waals surface area contributed by atoms with Crippen molar-refractivity contribution in [2.75, 3.05) is 13.2 Å². The molecule has 0 heterocycles. The molecule has 6 nitrogen and oxygen atoms in total. The lowest BCUT2D eigenvalue weighted by atomic mass is 10.0. The fraction of sp³-hybridized carbons (Fsp3) is 0.836. The van der Waals surface area contributed by atoms with Gasteiger partial charge in [-0.3, -0.25) is 14.4 Å². The van der Waals surface area contributed by atoms with E-state index < -0.39 is 6.10 Å². The van der Waals surface area contributed by atoms with Crippen LogP contribution in [-0.4, -0.2) is 37.2 Å². The Labute approximate surface area is 378 Å². The van der Waals surface area contributed by atoms with E-state index in [9.17, 15) is 14.4 Å². The summed E-state index contributed by atoms with van der Waals surface area (Å²) in [5.41, 5.74) is 0. The van der Waals surface area contributed by atoms with Crippen LogP contribution < -0.4 is 0 Å². The summed E-state index contributed by atoms with van der Waals surface area (Å²) in [7, 11) is 0. The standard InChI is InChI=1S/C55H100O6/c1-4-7-10-13-16-19-22-25-27-28-31-33-36-39-42-45-48-54(57)60-51-52(50-59-53(56)47-44-41-38-35-32-29-24-21-18-15-12-9-6-3)61-55(58)49-46-43-40-37-34-30-26-23-20-17-14-11-8-5-2/h7,10,16,19,25,27,52H,4-6,8-9,11-15,17-18,20-24,26,28-51H2,1-3H3/b10-7-,19-16-,27-25-. The molecule has 0 fully saturated rings. The van der Waals surface area contributed by atoms with Gasteiger partial charge in [-0.15, -0.1) is 0 Å². The van der Waals surface area contributed by atoms with Gasteiger partial charge in [-0.2, -0.15) is 0 Å². The van der Waals surface area contributed by atoms with Gasteiger partial charge in [0.05, 0.1) is 0 Å². The summed E-state index contributed by atoms with van der Waals surface area (Å²) in [6.45, 7) is 6.54. The number of ether oxygens (including phenoxy) is 3. The number of allylic oxidation sites excluding steroid dienone is 6. The van der Waals surface area contributed by atoms with Gasteiger partial charge in [0, 0.05) is 19.3 Å². The first kappa shape index (κ1) is 58.6. The minimum Gasteiger partial charge on any atom is -0.462 e. The summed E-state index contributed by atoms with van der Waals surface area (Å²) in [5.74, 6) is -0.871. The van der Waals surface area contributed by atoms with Crippen molar-refractivity contribution >= 4 is 17.9 Å². The van der Waals surface area contributed by atoms with Crippen molar-refractivity contribution in [2.24, 2.45) is 0 Å². The van der Waals surface area contributed by atoms with Crippen molar-refractivity contribution in [2.45, 2.75) is 284 Å². The van der Waals surface area contributed by atoms with Crippen LogP contribution in [0.4, 0.5) is 0 Å².